The van der Waals surface area contributed by atoms with Gasteiger partial charge in [0.15, 0.2) is 0 Å². The van der Waals surface area contributed by atoms with E-state index in [2.05, 4.69) is 20.1 Å². The third-order valence-corrected chi connectivity index (χ3v) is 3.66. The SMILES string of the molecule is COC(=O)C[C@H](C)[C@@H](NC(=O)CNC(=O)OCc1ccccc1)C(=O)OC. The molecular weight excluding hydrogens is 356 g/mol. The van der Waals surface area contributed by atoms with Crippen molar-refractivity contribution in [1.82, 2.24) is 10.6 Å². The fourth-order valence-electron chi connectivity index (χ4n) is 2.18. The number of hydrogen-bond donors (Lipinski definition) is 2. The van der Waals surface area contributed by atoms with Gasteiger partial charge in [-0.05, 0) is 11.5 Å². The highest BCUT2D eigenvalue weighted by Gasteiger charge is 2.29. The molecule has 0 aromatic heterocycles. The standard InChI is InChI=1S/C18H24N2O7/c1-12(9-15(22)25-2)16(17(23)26-3)20-14(21)10-19-18(24)27-11-13-7-5-4-6-8-13/h4-8,12,16H,9-11H2,1-3H3,(H,19,24)(H,20,21)/t12-,16+/m0/s1. The van der Waals surface area contributed by atoms with Crippen molar-refractivity contribution in [3.8, 4) is 0 Å². The second-order valence-electron chi connectivity index (χ2n) is 5.74. The molecule has 2 amide bonds. The maximum absolute atomic E-state index is 12.0. The molecule has 0 saturated heterocycles. The van der Waals surface area contributed by atoms with Crippen molar-refractivity contribution in [1.29, 1.82) is 0 Å². The normalized spacial score (nSPS) is 12.3. The lowest BCUT2D eigenvalue weighted by Gasteiger charge is -2.22. The first-order valence-corrected chi connectivity index (χ1v) is 8.26. The van der Waals surface area contributed by atoms with Crippen molar-refractivity contribution in [3.05, 3.63) is 35.9 Å². The fraction of sp³-hybridized carbons (Fsp3) is 0.444. The molecule has 9 heteroatoms. The first-order valence-electron chi connectivity index (χ1n) is 8.26. The molecule has 0 radical (unpaired) electrons. The van der Waals surface area contributed by atoms with Crippen molar-refractivity contribution in [2.24, 2.45) is 5.92 Å². The van der Waals surface area contributed by atoms with E-state index in [0.717, 1.165) is 5.56 Å². The average molecular weight is 380 g/mol. The average Bonchev–Trinajstić information content (AvgIpc) is 2.68. The van der Waals surface area contributed by atoms with Crippen molar-refractivity contribution in [2.45, 2.75) is 26.0 Å². The Morgan fingerprint density at radius 2 is 1.70 bits per heavy atom. The molecule has 2 N–H and O–H groups in total. The number of ether oxygens (including phenoxy) is 3. The van der Waals surface area contributed by atoms with Gasteiger partial charge in [-0.1, -0.05) is 37.3 Å². The van der Waals surface area contributed by atoms with E-state index in [9.17, 15) is 19.2 Å². The van der Waals surface area contributed by atoms with E-state index < -0.39 is 42.4 Å². The Morgan fingerprint density at radius 3 is 2.30 bits per heavy atom. The molecule has 0 saturated carbocycles. The van der Waals surface area contributed by atoms with Crippen LogP contribution >= 0.6 is 0 Å². The van der Waals surface area contributed by atoms with E-state index >= 15 is 0 Å². The summed E-state index contributed by atoms with van der Waals surface area (Å²) in [7, 11) is 2.40. The van der Waals surface area contributed by atoms with Gasteiger partial charge in [0.1, 0.15) is 19.2 Å². The number of carbonyl (C=O) groups is 4. The summed E-state index contributed by atoms with van der Waals surface area (Å²) in [5.74, 6) is -2.41. The van der Waals surface area contributed by atoms with E-state index in [4.69, 9.17) is 4.74 Å². The summed E-state index contributed by atoms with van der Waals surface area (Å²) in [6.07, 6.45) is -0.852. The van der Waals surface area contributed by atoms with Crippen LogP contribution in [0.3, 0.4) is 0 Å². The summed E-state index contributed by atoms with van der Waals surface area (Å²) in [5, 5.41) is 4.72. The quantitative estimate of drug-likeness (QED) is 0.479. The molecule has 0 unspecified atom stereocenters. The maximum atomic E-state index is 12.0. The third-order valence-electron chi connectivity index (χ3n) is 3.66. The maximum Gasteiger partial charge on any atom is 0.407 e. The smallest absolute Gasteiger partial charge is 0.407 e. The second kappa shape index (κ2) is 11.5. The van der Waals surface area contributed by atoms with Crippen LogP contribution in [0.5, 0.6) is 0 Å². The van der Waals surface area contributed by atoms with Gasteiger partial charge >= 0.3 is 18.0 Å². The van der Waals surface area contributed by atoms with E-state index in [1.54, 1.807) is 19.1 Å². The molecule has 148 valence electrons. The lowest BCUT2D eigenvalue weighted by molar-refractivity contribution is -0.148. The molecule has 1 aromatic rings. The lowest BCUT2D eigenvalue weighted by atomic mass is 9.98. The molecule has 0 aliphatic carbocycles. The highest BCUT2D eigenvalue weighted by molar-refractivity contribution is 5.87. The Labute approximate surface area is 157 Å². The minimum absolute atomic E-state index is 0.0647. The van der Waals surface area contributed by atoms with E-state index in [1.165, 1.54) is 14.2 Å². The molecule has 0 fully saturated rings. The predicted molar refractivity (Wildman–Crippen MR) is 94.4 cm³/mol. The van der Waals surface area contributed by atoms with Crippen LogP contribution < -0.4 is 10.6 Å². The largest absolute Gasteiger partial charge is 0.469 e. The van der Waals surface area contributed by atoms with Gasteiger partial charge in [-0.2, -0.15) is 0 Å². The summed E-state index contributed by atoms with van der Waals surface area (Å²) in [5.41, 5.74) is 0.805. The first kappa shape index (κ1) is 21.9. The summed E-state index contributed by atoms with van der Waals surface area (Å²) >= 11 is 0. The number of esters is 2. The minimum Gasteiger partial charge on any atom is -0.469 e. The number of benzene rings is 1. The number of amides is 2. The van der Waals surface area contributed by atoms with Crippen LogP contribution in [0.25, 0.3) is 0 Å². The van der Waals surface area contributed by atoms with Crippen molar-refractivity contribution >= 4 is 23.9 Å². The van der Waals surface area contributed by atoms with Crippen LogP contribution in [-0.2, 0) is 35.2 Å². The Bertz CT molecular complexity index is 648. The lowest BCUT2D eigenvalue weighted by Crippen LogP contribution is -2.49. The Hall–Kier alpha value is -3.10. The summed E-state index contributed by atoms with van der Waals surface area (Å²) in [4.78, 5) is 46.9. The molecule has 1 aromatic carbocycles. The summed E-state index contributed by atoms with van der Waals surface area (Å²) in [6.45, 7) is 1.27. The minimum atomic E-state index is -1.05. The number of methoxy groups -OCH3 is 2. The Kier molecular flexibility index (Phi) is 9.35. The molecular formula is C18H24N2O7. The van der Waals surface area contributed by atoms with E-state index in [0.29, 0.717) is 0 Å². The zero-order valence-corrected chi connectivity index (χ0v) is 15.5. The first-order chi connectivity index (χ1) is 12.9. The number of carbonyl (C=O) groups excluding carboxylic acids is 4. The topological polar surface area (TPSA) is 120 Å². The number of hydrogen-bond acceptors (Lipinski definition) is 7. The van der Waals surface area contributed by atoms with Gasteiger partial charge in [0.2, 0.25) is 5.91 Å². The van der Waals surface area contributed by atoms with Crippen LogP contribution in [0.2, 0.25) is 0 Å². The molecule has 0 spiro atoms. The summed E-state index contributed by atoms with van der Waals surface area (Å²) < 4.78 is 14.2. The molecule has 0 bridgehead atoms. The Balaban J connectivity index is 2.47. The molecule has 0 heterocycles. The van der Waals surface area contributed by atoms with Crippen LogP contribution in [0.15, 0.2) is 30.3 Å². The van der Waals surface area contributed by atoms with Gasteiger partial charge < -0.3 is 24.8 Å². The second-order valence-corrected chi connectivity index (χ2v) is 5.74. The highest BCUT2D eigenvalue weighted by atomic mass is 16.5. The molecule has 1 rings (SSSR count). The van der Waals surface area contributed by atoms with Gasteiger partial charge in [0.25, 0.3) is 0 Å². The van der Waals surface area contributed by atoms with Gasteiger partial charge in [-0.25, -0.2) is 9.59 Å². The van der Waals surface area contributed by atoms with Gasteiger partial charge in [-0.3, -0.25) is 9.59 Å². The molecule has 0 aliphatic rings. The third kappa shape index (κ3) is 8.21. The van der Waals surface area contributed by atoms with Gasteiger partial charge in [-0.15, -0.1) is 0 Å². The van der Waals surface area contributed by atoms with Crippen LogP contribution in [0.1, 0.15) is 18.9 Å². The van der Waals surface area contributed by atoms with E-state index in [-0.39, 0.29) is 13.0 Å². The number of rotatable bonds is 9. The van der Waals surface area contributed by atoms with Crippen LogP contribution in [0, 0.1) is 5.92 Å². The van der Waals surface area contributed by atoms with Crippen molar-refractivity contribution in [2.75, 3.05) is 20.8 Å². The molecule has 27 heavy (non-hydrogen) atoms. The highest BCUT2D eigenvalue weighted by Crippen LogP contribution is 2.11. The van der Waals surface area contributed by atoms with Crippen LogP contribution in [0.4, 0.5) is 4.79 Å². The zero-order valence-electron chi connectivity index (χ0n) is 15.5. The van der Waals surface area contributed by atoms with E-state index in [1.807, 2.05) is 18.2 Å². The number of nitrogens with one attached hydrogen (secondary N) is 2. The molecule has 2 atom stereocenters. The fourth-order valence-corrected chi connectivity index (χ4v) is 2.18. The van der Waals surface area contributed by atoms with Crippen molar-refractivity contribution in [3.63, 3.8) is 0 Å². The monoisotopic (exact) mass is 380 g/mol. The summed E-state index contributed by atoms with van der Waals surface area (Å²) in [6, 6.07) is 8.00. The molecule has 0 aliphatic heterocycles. The van der Waals surface area contributed by atoms with Crippen molar-refractivity contribution < 1.29 is 33.4 Å². The van der Waals surface area contributed by atoms with Gasteiger partial charge in [0, 0.05) is 0 Å². The predicted octanol–water partition coefficient (Wildman–Crippen LogP) is 0.770. The Morgan fingerprint density at radius 1 is 1.04 bits per heavy atom. The zero-order chi connectivity index (χ0) is 20.2. The van der Waals surface area contributed by atoms with Gasteiger partial charge in [0.05, 0.1) is 20.6 Å². The number of alkyl carbamates (subject to hydrolysis) is 1. The van der Waals surface area contributed by atoms with Crippen LogP contribution in [-0.4, -0.2) is 50.7 Å². The molecule has 9 nitrogen and oxygen atoms in total.